The predicted molar refractivity (Wildman–Crippen MR) is 103 cm³/mol. The van der Waals surface area contributed by atoms with Crippen LogP contribution in [0.1, 0.15) is 23.2 Å². The summed E-state index contributed by atoms with van der Waals surface area (Å²) in [5.74, 6) is 0.892. The van der Waals surface area contributed by atoms with Crippen LogP contribution in [0.2, 0.25) is 0 Å². The molecule has 0 saturated heterocycles. The van der Waals surface area contributed by atoms with Crippen molar-refractivity contribution >= 4 is 23.4 Å². The van der Waals surface area contributed by atoms with Gasteiger partial charge in [-0.2, -0.15) is 4.98 Å². The number of methoxy groups -OCH3 is 1. The van der Waals surface area contributed by atoms with Gasteiger partial charge >= 0.3 is 5.97 Å². The number of ether oxygens (including phenoxy) is 1. The molecule has 2 aromatic heterocycles. The summed E-state index contributed by atoms with van der Waals surface area (Å²) in [5, 5.41) is 6.61. The minimum atomic E-state index is -0.363. The molecule has 0 radical (unpaired) electrons. The van der Waals surface area contributed by atoms with E-state index in [0.717, 1.165) is 29.8 Å². The van der Waals surface area contributed by atoms with Gasteiger partial charge in [-0.05, 0) is 49.2 Å². The number of pyridine rings is 1. The monoisotopic (exact) mass is 361 g/mol. The van der Waals surface area contributed by atoms with Gasteiger partial charge in [0.1, 0.15) is 5.82 Å². The zero-order valence-corrected chi connectivity index (χ0v) is 14.8. The molecule has 0 spiro atoms. The van der Waals surface area contributed by atoms with Gasteiger partial charge in [0.05, 0.1) is 18.4 Å². The standard InChI is InChI=1S/C20H19N5O2/c1-27-19(26)13-4-6-15(7-5-13)22-18-11-17(14-3-2-10-21-12-14)24-20(25-18)23-16-8-9-16/h2-7,10-12,16H,8-9H2,1H3,(H2,22,23,24,25). The van der Waals surface area contributed by atoms with E-state index in [9.17, 15) is 4.79 Å². The molecule has 1 aliphatic rings. The van der Waals surface area contributed by atoms with Crippen LogP contribution in [0.15, 0.2) is 54.9 Å². The molecule has 4 rings (SSSR count). The first-order chi connectivity index (χ1) is 13.2. The van der Waals surface area contributed by atoms with E-state index in [4.69, 9.17) is 4.74 Å². The fourth-order valence-electron chi connectivity index (χ4n) is 2.60. The molecule has 1 saturated carbocycles. The molecule has 27 heavy (non-hydrogen) atoms. The molecular weight excluding hydrogens is 342 g/mol. The van der Waals surface area contributed by atoms with Crippen molar-refractivity contribution < 1.29 is 9.53 Å². The van der Waals surface area contributed by atoms with Crippen LogP contribution in [0.5, 0.6) is 0 Å². The van der Waals surface area contributed by atoms with Crippen LogP contribution in [-0.2, 0) is 4.74 Å². The van der Waals surface area contributed by atoms with E-state index < -0.39 is 0 Å². The summed E-state index contributed by atoms with van der Waals surface area (Å²) in [6, 6.07) is 13.2. The fourth-order valence-corrected chi connectivity index (χ4v) is 2.60. The maximum Gasteiger partial charge on any atom is 0.337 e. The molecule has 0 atom stereocenters. The molecule has 0 aliphatic heterocycles. The third-order valence-corrected chi connectivity index (χ3v) is 4.17. The molecule has 1 aromatic carbocycles. The molecule has 7 nitrogen and oxygen atoms in total. The summed E-state index contributed by atoms with van der Waals surface area (Å²) in [7, 11) is 1.36. The maximum atomic E-state index is 11.6. The minimum absolute atomic E-state index is 0.363. The summed E-state index contributed by atoms with van der Waals surface area (Å²) in [6.45, 7) is 0. The van der Waals surface area contributed by atoms with Gasteiger partial charge in [0.15, 0.2) is 0 Å². The van der Waals surface area contributed by atoms with E-state index in [-0.39, 0.29) is 5.97 Å². The van der Waals surface area contributed by atoms with Crippen LogP contribution in [-0.4, -0.2) is 34.1 Å². The number of hydrogen-bond donors (Lipinski definition) is 2. The van der Waals surface area contributed by atoms with Gasteiger partial charge in [-0.3, -0.25) is 4.98 Å². The number of benzene rings is 1. The number of anilines is 3. The number of carbonyl (C=O) groups is 1. The van der Waals surface area contributed by atoms with Crippen LogP contribution in [0.25, 0.3) is 11.3 Å². The molecule has 0 bridgehead atoms. The highest BCUT2D eigenvalue weighted by Gasteiger charge is 2.22. The maximum absolute atomic E-state index is 11.6. The Hall–Kier alpha value is -3.48. The number of aromatic nitrogens is 3. The van der Waals surface area contributed by atoms with Crippen molar-refractivity contribution in [3.05, 3.63) is 60.4 Å². The second kappa shape index (κ2) is 7.41. The molecule has 7 heteroatoms. The highest BCUT2D eigenvalue weighted by Crippen LogP contribution is 2.27. The number of nitrogens with zero attached hydrogens (tertiary/aromatic N) is 3. The van der Waals surface area contributed by atoms with E-state index in [0.29, 0.717) is 23.4 Å². The van der Waals surface area contributed by atoms with Crippen molar-refractivity contribution in [3.8, 4) is 11.3 Å². The Morgan fingerprint density at radius 1 is 1.15 bits per heavy atom. The average Bonchev–Trinajstić information content (AvgIpc) is 3.52. The molecule has 2 heterocycles. The zero-order chi connectivity index (χ0) is 18.6. The van der Waals surface area contributed by atoms with Gasteiger partial charge in [-0.15, -0.1) is 0 Å². The number of hydrogen-bond acceptors (Lipinski definition) is 7. The molecule has 1 fully saturated rings. The van der Waals surface area contributed by atoms with Crippen molar-refractivity contribution in [1.82, 2.24) is 15.0 Å². The van der Waals surface area contributed by atoms with Gasteiger partial charge in [0.2, 0.25) is 5.95 Å². The van der Waals surface area contributed by atoms with Gasteiger partial charge in [0.25, 0.3) is 0 Å². The summed E-state index contributed by atoms with van der Waals surface area (Å²) < 4.78 is 4.72. The lowest BCUT2D eigenvalue weighted by Crippen LogP contribution is -2.08. The van der Waals surface area contributed by atoms with Crippen molar-refractivity contribution in [2.24, 2.45) is 0 Å². The van der Waals surface area contributed by atoms with Crippen LogP contribution in [0.4, 0.5) is 17.5 Å². The largest absolute Gasteiger partial charge is 0.465 e. The first-order valence-corrected chi connectivity index (χ1v) is 8.73. The normalized spacial score (nSPS) is 13.1. The molecule has 0 amide bonds. The Bertz CT molecular complexity index is 940. The lowest BCUT2D eigenvalue weighted by Gasteiger charge is -2.11. The van der Waals surface area contributed by atoms with E-state index in [1.54, 1.807) is 24.5 Å². The molecule has 136 valence electrons. The smallest absolute Gasteiger partial charge is 0.337 e. The molecule has 0 unspecified atom stereocenters. The lowest BCUT2D eigenvalue weighted by molar-refractivity contribution is 0.0601. The second-order valence-electron chi connectivity index (χ2n) is 6.32. The van der Waals surface area contributed by atoms with Crippen LogP contribution >= 0.6 is 0 Å². The van der Waals surface area contributed by atoms with E-state index in [1.165, 1.54) is 7.11 Å². The number of carbonyl (C=O) groups excluding carboxylic acids is 1. The Morgan fingerprint density at radius 2 is 1.96 bits per heavy atom. The molecular formula is C20H19N5O2. The Labute approximate surface area is 156 Å². The van der Waals surface area contributed by atoms with Gasteiger partial charge < -0.3 is 15.4 Å². The highest BCUT2D eigenvalue weighted by molar-refractivity contribution is 5.89. The van der Waals surface area contributed by atoms with E-state index >= 15 is 0 Å². The van der Waals surface area contributed by atoms with Crippen molar-refractivity contribution in [1.29, 1.82) is 0 Å². The zero-order valence-electron chi connectivity index (χ0n) is 14.8. The van der Waals surface area contributed by atoms with Crippen LogP contribution in [0, 0.1) is 0 Å². The van der Waals surface area contributed by atoms with E-state index in [1.807, 2.05) is 30.3 Å². The van der Waals surface area contributed by atoms with Crippen molar-refractivity contribution in [2.75, 3.05) is 17.7 Å². The SMILES string of the molecule is COC(=O)c1ccc(Nc2cc(-c3cccnc3)nc(NC3CC3)n2)cc1. The van der Waals surface area contributed by atoms with Crippen molar-refractivity contribution in [3.63, 3.8) is 0 Å². The Kier molecular flexibility index (Phi) is 4.65. The number of rotatable bonds is 6. The summed E-state index contributed by atoms with van der Waals surface area (Å²) in [6.07, 6.45) is 5.78. The molecule has 2 N–H and O–H groups in total. The van der Waals surface area contributed by atoms with Crippen LogP contribution in [0.3, 0.4) is 0 Å². The van der Waals surface area contributed by atoms with Crippen LogP contribution < -0.4 is 10.6 Å². The molecule has 1 aliphatic carbocycles. The summed E-state index contributed by atoms with van der Waals surface area (Å²) in [4.78, 5) is 24.9. The Balaban J connectivity index is 1.61. The fraction of sp³-hybridized carbons (Fsp3) is 0.200. The third-order valence-electron chi connectivity index (χ3n) is 4.17. The lowest BCUT2D eigenvalue weighted by atomic mass is 10.2. The Morgan fingerprint density at radius 3 is 2.63 bits per heavy atom. The second-order valence-corrected chi connectivity index (χ2v) is 6.32. The third kappa shape index (κ3) is 4.20. The highest BCUT2D eigenvalue weighted by atomic mass is 16.5. The molecule has 3 aromatic rings. The minimum Gasteiger partial charge on any atom is -0.465 e. The van der Waals surface area contributed by atoms with Gasteiger partial charge in [-0.1, -0.05) is 0 Å². The topological polar surface area (TPSA) is 89.0 Å². The van der Waals surface area contributed by atoms with E-state index in [2.05, 4.69) is 25.6 Å². The quantitative estimate of drug-likeness (QED) is 0.648. The number of nitrogens with one attached hydrogen (secondary N) is 2. The van der Waals surface area contributed by atoms with Gasteiger partial charge in [0, 0.05) is 35.8 Å². The average molecular weight is 361 g/mol. The first kappa shape index (κ1) is 17.0. The summed E-state index contributed by atoms with van der Waals surface area (Å²) >= 11 is 0. The predicted octanol–water partition coefficient (Wildman–Crippen LogP) is 3.64. The first-order valence-electron chi connectivity index (χ1n) is 8.73. The summed E-state index contributed by atoms with van der Waals surface area (Å²) in [5.41, 5.74) is 3.02. The van der Waals surface area contributed by atoms with Gasteiger partial charge in [-0.25, -0.2) is 9.78 Å². The number of esters is 1. The van der Waals surface area contributed by atoms with Crippen molar-refractivity contribution in [2.45, 2.75) is 18.9 Å².